The van der Waals surface area contributed by atoms with Gasteiger partial charge in [-0.05, 0) is 56.2 Å². The molecule has 0 atom stereocenters. The topological polar surface area (TPSA) is 56.1 Å². The number of nitrogens with zero attached hydrogens (tertiary/aromatic N) is 2. The van der Waals surface area contributed by atoms with Gasteiger partial charge in [0, 0.05) is 11.7 Å². The molecule has 1 heterocycles. The first-order valence-corrected chi connectivity index (χ1v) is 9.85. The Morgan fingerprint density at radius 1 is 0.963 bits per heavy atom. The number of anilines is 1. The molecule has 1 N–H and O–H groups in total. The molecule has 27 heavy (non-hydrogen) atoms. The van der Waals surface area contributed by atoms with E-state index in [-0.39, 0.29) is 11.6 Å². The summed E-state index contributed by atoms with van der Waals surface area (Å²) in [6, 6.07) is 20.9. The highest BCUT2D eigenvalue weighted by molar-refractivity contribution is 6.02. The van der Waals surface area contributed by atoms with E-state index >= 15 is 0 Å². The van der Waals surface area contributed by atoms with Gasteiger partial charge in [-0.15, -0.1) is 0 Å². The number of fused-ring (bicyclic) bond motifs is 1. The van der Waals surface area contributed by atoms with E-state index in [0.717, 1.165) is 55.3 Å². The van der Waals surface area contributed by atoms with Gasteiger partial charge in [0.2, 0.25) is 0 Å². The lowest BCUT2D eigenvalue weighted by Crippen LogP contribution is -2.63. The second kappa shape index (κ2) is 5.85. The van der Waals surface area contributed by atoms with E-state index in [1.54, 1.807) is 0 Å². The van der Waals surface area contributed by atoms with E-state index in [1.807, 2.05) is 42.5 Å². The van der Waals surface area contributed by atoms with Crippen molar-refractivity contribution in [1.29, 1.82) is 5.26 Å². The third-order valence-corrected chi connectivity index (χ3v) is 6.59. The first kappa shape index (κ1) is 16.4. The summed E-state index contributed by atoms with van der Waals surface area (Å²) in [5, 5.41) is 13.8. The summed E-state index contributed by atoms with van der Waals surface area (Å²) in [5.74, 6) is 0.149. The highest BCUT2D eigenvalue weighted by Crippen LogP contribution is 2.50. The Bertz CT molecular complexity index is 918. The molecule has 3 aliphatic rings. The molecule has 5 rings (SSSR count). The molecule has 0 aromatic heterocycles. The van der Waals surface area contributed by atoms with Crippen molar-refractivity contribution >= 4 is 11.6 Å². The smallest absolute Gasteiger partial charge is 0.258 e. The van der Waals surface area contributed by atoms with Crippen LogP contribution in [-0.4, -0.2) is 22.5 Å². The quantitative estimate of drug-likeness (QED) is 0.864. The summed E-state index contributed by atoms with van der Waals surface area (Å²) < 4.78 is 0. The van der Waals surface area contributed by atoms with Crippen LogP contribution in [-0.2, 0) is 5.41 Å². The molecule has 1 aliphatic heterocycles. The average molecular weight is 357 g/mol. The first-order chi connectivity index (χ1) is 13.2. The summed E-state index contributed by atoms with van der Waals surface area (Å²) in [5.41, 5.74) is 1.99. The lowest BCUT2D eigenvalue weighted by atomic mass is 9.66. The standard InChI is InChI=1S/C23H23N3O/c24-16-22(17-6-2-1-3-7-17)12-14-23(15-13-22)25-20-9-5-4-8-19(20)21(27)26(23)18-10-11-18/h1-9,18,25H,10-15H2. The number of hydrogen-bond acceptors (Lipinski definition) is 3. The van der Waals surface area contributed by atoms with Crippen LogP contribution in [0.1, 0.15) is 54.4 Å². The highest BCUT2D eigenvalue weighted by Gasteiger charge is 2.54. The van der Waals surface area contributed by atoms with E-state index in [1.165, 1.54) is 0 Å². The largest absolute Gasteiger partial charge is 0.362 e. The Morgan fingerprint density at radius 2 is 1.63 bits per heavy atom. The van der Waals surface area contributed by atoms with Gasteiger partial charge in [0.25, 0.3) is 5.91 Å². The zero-order valence-electron chi connectivity index (χ0n) is 15.3. The van der Waals surface area contributed by atoms with Crippen molar-refractivity contribution in [3.8, 4) is 6.07 Å². The molecule has 0 unspecified atom stereocenters. The third-order valence-electron chi connectivity index (χ3n) is 6.59. The average Bonchev–Trinajstić information content (AvgIpc) is 3.55. The van der Waals surface area contributed by atoms with Crippen molar-refractivity contribution in [3.05, 3.63) is 65.7 Å². The predicted molar refractivity (Wildman–Crippen MR) is 104 cm³/mol. The van der Waals surface area contributed by atoms with Gasteiger partial charge in [-0.1, -0.05) is 42.5 Å². The number of hydrogen-bond donors (Lipinski definition) is 1. The maximum atomic E-state index is 13.3. The summed E-state index contributed by atoms with van der Waals surface area (Å²) in [4.78, 5) is 15.4. The van der Waals surface area contributed by atoms with Crippen molar-refractivity contribution in [2.45, 2.75) is 55.6 Å². The van der Waals surface area contributed by atoms with Gasteiger partial charge in [0.15, 0.2) is 0 Å². The molecule has 2 fully saturated rings. The summed E-state index contributed by atoms with van der Waals surface area (Å²) in [6.45, 7) is 0. The van der Waals surface area contributed by atoms with Crippen LogP contribution in [0.5, 0.6) is 0 Å². The van der Waals surface area contributed by atoms with Gasteiger partial charge in [-0.2, -0.15) is 5.26 Å². The van der Waals surface area contributed by atoms with E-state index < -0.39 is 5.41 Å². The van der Waals surface area contributed by atoms with Gasteiger partial charge >= 0.3 is 0 Å². The second-order valence-electron chi connectivity index (χ2n) is 8.17. The van der Waals surface area contributed by atoms with Gasteiger partial charge in [-0.3, -0.25) is 4.79 Å². The third kappa shape index (κ3) is 2.45. The summed E-state index contributed by atoms with van der Waals surface area (Å²) >= 11 is 0. The van der Waals surface area contributed by atoms with Crippen molar-refractivity contribution < 1.29 is 4.79 Å². The molecule has 0 bridgehead atoms. The molecule has 2 aromatic carbocycles. The fourth-order valence-corrected chi connectivity index (χ4v) is 4.94. The molecule has 0 saturated heterocycles. The minimum atomic E-state index is -0.455. The van der Waals surface area contributed by atoms with Crippen molar-refractivity contribution in [3.63, 3.8) is 0 Å². The van der Waals surface area contributed by atoms with Crippen molar-refractivity contribution in [2.75, 3.05) is 5.32 Å². The predicted octanol–water partition coefficient (Wildman–Crippen LogP) is 4.45. The molecule has 4 heteroatoms. The monoisotopic (exact) mass is 357 g/mol. The lowest BCUT2D eigenvalue weighted by Gasteiger charge is -2.53. The molecule has 1 spiro atoms. The van der Waals surface area contributed by atoms with Gasteiger partial charge < -0.3 is 10.2 Å². The number of para-hydroxylation sites is 1. The number of carbonyl (C=O) groups is 1. The highest BCUT2D eigenvalue weighted by atomic mass is 16.2. The summed E-state index contributed by atoms with van der Waals surface area (Å²) in [7, 11) is 0. The number of nitrogens with one attached hydrogen (secondary N) is 1. The fourth-order valence-electron chi connectivity index (χ4n) is 4.94. The molecule has 2 saturated carbocycles. The van der Waals surface area contributed by atoms with Gasteiger partial charge in [0.1, 0.15) is 5.66 Å². The Kier molecular flexibility index (Phi) is 3.55. The Labute approximate surface area is 159 Å². The van der Waals surface area contributed by atoms with Crippen molar-refractivity contribution in [1.82, 2.24) is 4.90 Å². The zero-order chi connectivity index (χ0) is 18.5. The maximum absolute atomic E-state index is 13.3. The fraction of sp³-hybridized carbons (Fsp3) is 0.391. The van der Waals surface area contributed by atoms with Crippen LogP contribution in [0.25, 0.3) is 0 Å². The zero-order valence-corrected chi connectivity index (χ0v) is 15.3. The molecule has 2 aromatic rings. The van der Waals surface area contributed by atoms with Crippen molar-refractivity contribution in [2.24, 2.45) is 0 Å². The van der Waals surface area contributed by atoms with Crippen LogP contribution in [0, 0.1) is 11.3 Å². The van der Waals surface area contributed by atoms with Crippen LogP contribution in [0.2, 0.25) is 0 Å². The maximum Gasteiger partial charge on any atom is 0.258 e. The Hall–Kier alpha value is -2.80. The molecule has 2 aliphatic carbocycles. The van der Waals surface area contributed by atoms with E-state index in [0.29, 0.717) is 6.04 Å². The van der Waals surface area contributed by atoms with E-state index in [2.05, 4.69) is 28.4 Å². The number of amides is 1. The van der Waals surface area contributed by atoms with Crippen LogP contribution < -0.4 is 5.32 Å². The normalized spacial score (nSPS) is 29.7. The summed E-state index contributed by atoms with van der Waals surface area (Å²) in [6.07, 6.45) is 5.29. The van der Waals surface area contributed by atoms with Gasteiger partial charge in [0.05, 0.1) is 17.0 Å². The van der Waals surface area contributed by atoms with Crippen LogP contribution in [0.3, 0.4) is 0 Å². The molecule has 1 amide bonds. The van der Waals surface area contributed by atoms with E-state index in [9.17, 15) is 10.1 Å². The first-order valence-electron chi connectivity index (χ1n) is 9.85. The van der Waals surface area contributed by atoms with Gasteiger partial charge in [-0.25, -0.2) is 0 Å². The lowest BCUT2D eigenvalue weighted by molar-refractivity contribution is 0.0309. The van der Waals surface area contributed by atoms with Crippen LogP contribution in [0.4, 0.5) is 5.69 Å². The molecular weight excluding hydrogens is 334 g/mol. The van der Waals surface area contributed by atoms with Crippen LogP contribution in [0.15, 0.2) is 54.6 Å². The minimum Gasteiger partial charge on any atom is -0.362 e. The number of benzene rings is 2. The Balaban J connectivity index is 1.50. The Morgan fingerprint density at radius 3 is 2.30 bits per heavy atom. The molecule has 0 radical (unpaired) electrons. The second-order valence-corrected chi connectivity index (χ2v) is 8.17. The minimum absolute atomic E-state index is 0.149. The number of rotatable bonds is 2. The number of carbonyl (C=O) groups excluding carboxylic acids is 1. The molecule has 136 valence electrons. The molecular formula is C23H23N3O. The molecule has 4 nitrogen and oxygen atoms in total. The SMILES string of the molecule is N#CC1(c2ccccc2)CCC2(CC1)Nc1ccccc1C(=O)N2C1CC1. The van der Waals surface area contributed by atoms with Crippen LogP contribution >= 0.6 is 0 Å². The van der Waals surface area contributed by atoms with E-state index in [4.69, 9.17) is 0 Å². The number of nitriles is 1.